The minimum absolute atomic E-state index is 0.0175. The van der Waals surface area contributed by atoms with E-state index in [4.69, 9.17) is 0 Å². The molecule has 0 heterocycles. The molecule has 0 saturated carbocycles. The van der Waals surface area contributed by atoms with E-state index in [9.17, 15) is 23.1 Å². The number of carboxylic acid groups (broad SMARTS) is 1. The van der Waals surface area contributed by atoms with Crippen LogP contribution in [0.15, 0.2) is 47.4 Å². The highest BCUT2D eigenvalue weighted by molar-refractivity contribution is 7.92. The van der Waals surface area contributed by atoms with E-state index in [1.807, 2.05) is 11.9 Å². The van der Waals surface area contributed by atoms with Crippen molar-refractivity contribution in [3.05, 3.63) is 48.0 Å². The zero-order chi connectivity index (χ0) is 21.6. The van der Waals surface area contributed by atoms with Crippen molar-refractivity contribution in [2.75, 3.05) is 28.5 Å². The molecule has 0 unspecified atom stereocenters. The lowest BCUT2D eigenvalue weighted by atomic mass is 10.1. The Labute approximate surface area is 170 Å². The third-order valence-corrected chi connectivity index (χ3v) is 5.63. The minimum atomic E-state index is -4.00. The van der Waals surface area contributed by atoms with Crippen molar-refractivity contribution in [1.82, 2.24) is 0 Å². The smallest absolute Gasteiger partial charge is 0.337 e. The minimum Gasteiger partial charge on any atom is -0.478 e. The molecule has 0 spiro atoms. The Morgan fingerprint density at radius 3 is 2.31 bits per heavy atom. The molecule has 2 aromatic carbocycles. The van der Waals surface area contributed by atoms with Gasteiger partial charge in [0.25, 0.3) is 10.0 Å². The van der Waals surface area contributed by atoms with Crippen LogP contribution < -0.4 is 14.9 Å². The topological polar surface area (TPSA) is 116 Å². The molecule has 0 saturated heterocycles. The average Bonchev–Trinajstić information content (AvgIpc) is 2.65. The van der Waals surface area contributed by atoms with Gasteiger partial charge in [0, 0.05) is 31.9 Å². The summed E-state index contributed by atoms with van der Waals surface area (Å²) in [5.41, 5.74) is 1.00. The fourth-order valence-electron chi connectivity index (χ4n) is 2.68. The van der Waals surface area contributed by atoms with Crippen molar-refractivity contribution in [1.29, 1.82) is 0 Å². The molecule has 0 radical (unpaired) electrons. The normalized spacial score (nSPS) is 11.0. The molecule has 156 valence electrons. The number of carboxylic acids is 1. The molecule has 2 aromatic rings. The number of nitrogens with zero attached hydrogens (tertiary/aromatic N) is 1. The Bertz CT molecular complexity index is 988. The van der Waals surface area contributed by atoms with Gasteiger partial charge in [-0.05, 0) is 48.9 Å². The number of anilines is 3. The molecule has 0 aromatic heterocycles. The van der Waals surface area contributed by atoms with Crippen molar-refractivity contribution >= 4 is 39.0 Å². The number of hydrogen-bond acceptors (Lipinski definition) is 5. The molecule has 0 aliphatic heterocycles. The molecule has 3 N–H and O–H groups in total. The van der Waals surface area contributed by atoms with E-state index < -0.39 is 16.0 Å². The van der Waals surface area contributed by atoms with E-state index in [1.54, 1.807) is 6.07 Å². The monoisotopic (exact) mass is 419 g/mol. The first-order valence-electron chi connectivity index (χ1n) is 9.13. The van der Waals surface area contributed by atoms with Gasteiger partial charge < -0.3 is 15.3 Å². The summed E-state index contributed by atoms with van der Waals surface area (Å²) in [5.74, 6) is -1.50. The summed E-state index contributed by atoms with van der Waals surface area (Å²) in [4.78, 5) is 24.6. The maximum Gasteiger partial charge on any atom is 0.337 e. The number of nitrogens with one attached hydrogen (secondary N) is 2. The summed E-state index contributed by atoms with van der Waals surface area (Å²) in [6.45, 7) is 4.18. The van der Waals surface area contributed by atoms with Crippen LogP contribution in [0.25, 0.3) is 0 Å². The number of benzene rings is 2. The van der Waals surface area contributed by atoms with E-state index in [-0.39, 0.29) is 22.1 Å². The number of hydrogen-bond donors (Lipinski definition) is 3. The van der Waals surface area contributed by atoms with Crippen molar-refractivity contribution in [3.63, 3.8) is 0 Å². The SMILES string of the molecule is CCCCN(C)c1ccc(NS(=O)(=O)c2ccc(NC(C)=O)cc2)c(C(=O)O)c1. The number of aromatic carboxylic acids is 1. The first-order valence-corrected chi connectivity index (χ1v) is 10.6. The van der Waals surface area contributed by atoms with Crippen LogP contribution in [0.4, 0.5) is 17.1 Å². The van der Waals surface area contributed by atoms with Crippen LogP contribution >= 0.6 is 0 Å². The summed E-state index contributed by atoms with van der Waals surface area (Å²) >= 11 is 0. The first kappa shape index (κ1) is 22.2. The number of sulfonamides is 1. The van der Waals surface area contributed by atoms with Crippen molar-refractivity contribution in [3.8, 4) is 0 Å². The van der Waals surface area contributed by atoms with Crippen LogP contribution in [0.2, 0.25) is 0 Å². The number of rotatable bonds is 9. The number of unbranched alkanes of at least 4 members (excludes halogenated alkanes) is 1. The second-order valence-corrected chi connectivity index (χ2v) is 8.30. The first-order chi connectivity index (χ1) is 13.6. The van der Waals surface area contributed by atoms with E-state index >= 15 is 0 Å². The summed E-state index contributed by atoms with van der Waals surface area (Å²) < 4.78 is 27.7. The van der Waals surface area contributed by atoms with Crippen LogP contribution in [0.5, 0.6) is 0 Å². The summed E-state index contributed by atoms with van der Waals surface area (Å²) in [7, 11) is -2.14. The molecule has 0 bridgehead atoms. The third kappa shape index (κ3) is 5.95. The van der Waals surface area contributed by atoms with Gasteiger partial charge in [-0.1, -0.05) is 13.3 Å². The highest BCUT2D eigenvalue weighted by atomic mass is 32.2. The second-order valence-electron chi connectivity index (χ2n) is 6.62. The average molecular weight is 420 g/mol. The van der Waals surface area contributed by atoms with Gasteiger partial charge in [0.05, 0.1) is 16.1 Å². The largest absolute Gasteiger partial charge is 0.478 e. The van der Waals surface area contributed by atoms with E-state index in [0.717, 1.165) is 19.4 Å². The van der Waals surface area contributed by atoms with Gasteiger partial charge in [-0.3, -0.25) is 9.52 Å². The lowest BCUT2D eigenvalue weighted by Crippen LogP contribution is -2.20. The quantitative estimate of drug-likeness (QED) is 0.574. The lowest BCUT2D eigenvalue weighted by molar-refractivity contribution is -0.114. The maximum absolute atomic E-state index is 12.7. The molecule has 1 amide bonds. The highest BCUT2D eigenvalue weighted by Gasteiger charge is 2.20. The Morgan fingerprint density at radius 2 is 1.76 bits per heavy atom. The molecule has 29 heavy (non-hydrogen) atoms. The molecule has 0 aliphatic carbocycles. The number of carbonyl (C=O) groups is 2. The second kappa shape index (κ2) is 9.42. The van der Waals surface area contributed by atoms with E-state index in [2.05, 4.69) is 17.0 Å². The van der Waals surface area contributed by atoms with Crippen LogP contribution in [0.3, 0.4) is 0 Å². The van der Waals surface area contributed by atoms with Crippen LogP contribution in [0, 0.1) is 0 Å². The van der Waals surface area contributed by atoms with Gasteiger partial charge in [-0.15, -0.1) is 0 Å². The van der Waals surface area contributed by atoms with Crippen LogP contribution in [-0.4, -0.2) is 39.0 Å². The van der Waals surface area contributed by atoms with Gasteiger partial charge in [-0.2, -0.15) is 0 Å². The van der Waals surface area contributed by atoms with Crippen LogP contribution in [0.1, 0.15) is 37.0 Å². The molecular weight excluding hydrogens is 394 g/mol. The fraction of sp³-hybridized carbons (Fsp3) is 0.300. The zero-order valence-corrected chi connectivity index (χ0v) is 17.4. The Balaban J connectivity index is 2.29. The molecule has 8 nitrogen and oxygen atoms in total. The summed E-state index contributed by atoms with van der Waals surface area (Å²) in [6.07, 6.45) is 1.97. The standard InChI is InChI=1S/C20H25N3O5S/c1-4-5-12-23(3)16-8-11-19(18(13-16)20(25)26)22-29(27,28)17-9-6-15(7-10-17)21-14(2)24/h6-11,13,22H,4-5,12H2,1-3H3,(H,21,24)(H,25,26). The summed E-state index contributed by atoms with van der Waals surface area (Å²) in [6, 6.07) is 10.2. The lowest BCUT2D eigenvalue weighted by Gasteiger charge is -2.20. The Morgan fingerprint density at radius 1 is 1.10 bits per heavy atom. The predicted octanol–water partition coefficient (Wildman–Crippen LogP) is 3.38. The van der Waals surface area contributed by atoms with Crippen LogP contribution in [-0.2, 0) is 14.8 Å². The highest BCUT2D eigenvalue weighted by Crippen LogP contribution is 2.26. The Kier molecular flexibility index (Phi) is 7.22. The van der Waals surface area contributed by atoms with Crippen molar-refractivity contribution in [2.45, 2.75) is 31.6 Å². The van der Waals surface area contributed by atoms with Gasteiger partial charge in [-0.25, -0.2) is 13.2 Å². The van der Waals surface area contributed by atoms with Crippen molar-refractivity contribution in [2.24, 2.45) is 0 Å². The van der Waals surface area contributed by atoms with Gasteiger partial charge >= 0.3 is 5.97 Å². The molecule has 2 rings (SSSR count). The third-order valence-electron chi connectivity index (χ3n) is 4.25. The number of carbonyl (C=O) groups excluding carboxylic acids is 1. The molecule has 0 atom stereocenters. The van der Waals surface area contributed by atoms with E-state index in [0.29, 0.717) is 11.4 Å². The van der Waals surface area contributed by atoms with Gasteiger partial charge in [0.15, 0.2) is 0 Å². The molecule has 0 aliphatic rings. The van der Waals surface area contributed by atoms with Gasteiger partial charge in [0.1, 0.15) is 0 Å². The van der Waals surface area contributed by atoms with Crippen molar-refractivity contribution < 1.29 is 23.1 Å². The number of amides is 1. The molecule has 0 fully saturated rings. The predicted molar refractivity (Wildman–Crippen MR) is 113 cm³/mol. The molecular formula is C20H25N3O5S. The Hall–Kier alpha value is -3.07. The zero-order valence-electron chi connectivity index (χ0n) is 16.6. The maximum atomic E-state index is 12.7. The van der Waals surface area contributed by atoms with E-state index in [1.165, 1.54) is 43.3 Å². The van der Waals surface area contributed by atoms with Gasteiger partial charge in [0.2, 0.25) is 5.91 Å². The molecule has 9 heteroatoms. The summed E-state index contributed by atoms with van der Waals surface area (Å²) in [5, 5.41) is 12.1. The fourth-order valence-corrected chi connectivity index (χ4v) is 3.76.